The van der Waals surface area contributed by atoms with E-state index in [9.17, 15) is 24.0 Å². The number of ketones is 2. The van der Waals surface area contributed by atoms with Crippen molar-refractivity contribution in [3.63, 3.8) is 0 Å². The first-order valence-corrected chi connectivity index (χ1v) is 7.48. The lowest BCUT2D eigenvalue weighted by molar-refractivity contribution is -0.138. The van der Waals surface area contributed by atoms with Gasteiger partial charge < -0.3 is 10.2 Å². The molecule has 0 unspecified atom stereocenters. The van der Waals surface area contributed by atoms with Gasteiger partial charge in [-0.05, 0) is 13.8 Å². The van der Waals surface area contributed by atoms with Crippen molar-refractivity contribution in [3.8, 4) is 0 Å². The number of hydrogen-bond acceptors (Lipinski definition) is 8. The van der Waals surface area contributed by atoms with Gasteiger partial charge >= 0.3 is 11.8 Å². The van der Waals surface area contributed by atoms with Gasteiger partial charge in [-0.15, -0.1) is 10.2 Å². The Hall–Kier alpha value is -3.11. The summed E-state index contributed by atoms with van der Waals surface area (Å²) in [6.45, 7) is 6.44. The molecule has 1 N–H and O–H groups in total. The fourth-order valence-corrected chi connectivity index (χ4v) is 1.94. The molecule has 0 aromatic carbocycles. The van der Waals surface area contributed by atoms with E-state index in [1.807, 2.05) is 13.8 Å². The molecular weight excluding hydrogens is 332 g/mol. The molecule has 0 saturated carbocycles. The summed E-state index contributed by atoms with van der Waals surface area (Å²) in [4.78, 5) is 56.4. The number of carbonyl (C=O) groups is 5. The number of carbonyl (C=O) groups excluding carboxylic acids is 5. The van der Waals surface area contributed by atoms with E-state index in [0.717, 1.165) is 10.0 Å². The van der Waals surface area contributed by atoms with Crippen molar-refractivity contribution in [2.75, 3.05) is 27.2 Å². The zero-order chi connectivity index (χ0) is 19.3. The van der Waals surface area contributed by atoms with Gasteiger partial charge in [-0.2, -0.15) is 0 Å². The summed E-state index contributed by atoms with van der Waals surface area (Å²) in [6, 6.07) is 0. The van der Waals surface area contributed by atoms with Gasteiger partial charge in [-0.3, -0.25) is 24.0 Å². The maximum atomic E-state index is 11.3. The third-order valence-electron chi connectivity index (χ3n) is 3.25. The minimum atomic E-state index is -0.785. The second-order valence-corrected chi connectivity index (χ2v) is 5.04. The van der Waals surface area contributed by atoms with E-state index in [1.54, 1.807) is 4.90 Å². The molecule has 0 bridgehead atoms. The van der Waals surface area contributed by atoms with Gasteiger partial charge in [-0.1, -0.05) is 0 Å². The molecular formula is C14H20N6O5. The van der Waals surface area contributed by atoms with Crippen LogP contribution >= 0.6 is 0 Å². The molecule has 136 valence electrons. The Morgan fingerprint density at radius 2 is 1.44 bits per heavy atom. The number of amidine groups is 2. The van der Waals surface area contributed by atoms with Crippen LogP contribution < -0.4 is 5.32 Å². The zero-order valence-electron chi connectivity index (χ0n) is 14.7. The summed E-state index contributed by atoms with van der Waals surface area (Å²) < 4.78 is 0. The van der Waals surface area contributed by atoms with Crippen LogP contribution in [0.5, 0.6) is 0 Å². The van der Waals surface area contributed by atoms with Crippen molar-refractivity contribution in [3.05, 3.63) is 0 Å². The van der Waals surface area contributed by atoms with Crippen LogP contribution in [0.15, 0.2) is 10.2 Å². The van der Waals surface area contributed by atoms with Gasteiger partial charge in [0.15, 0.2) is 0 Å². The highest BCUT2D eigenvalue weighted by molar-refractivity contribution is 6.67. The zero-order valence-corrected chi connectivity index (χ0v) is 14.7. The van der Waals surface area contributed by atoms with E-state index >= 15 is 0 Å². The summed E-state index contributed by atoms with van der Waals surface area (Å²) in [6.07, 6.45) is 0. The smallest absolute Gasteiger partial charge is 0.318 e. The number of nitrogens with one attached hydrogen (secondary N) is 1. The van der Waals surface area contributed by atoms with Crippen LogP contribution in [0.4, 0.5) is 0 Å². The average molecular weight is 352 g/mol. The standard InChI is InChI=1S/C8H13N3O2.C6H7N3O3/c1-4-11(5-2)7-6(12)8(13)10(3)9-7;1-3(10)7-5-4(11)6(12)9(2)8-5/h4-5H2,1-3H3;1-2H3,(H,7,8,10). The second-order valence-electron chi connectivity index (χ2n) is 5.04. The van der Waals surface area contributed by atoms with Crippen molar-refractivity contribution >= 4 is 41.0 Å². The number of likely N-dealkylation sites (N-methyl/N-ethyl adjacent to an activating group) is 3. The first-order valence-electron chi connectivity index (χ1n) is 7.48. The van der Waals surface area contributed by atoms with Crippen LogP contribution in [-0.4, -0.2) is 83.1 Å². The van der Waals surface area contributed by atoms with Gasteiger partial charge in [0.2, 0.25) is 17.6 Å². The molecule has 0 atom stereocenters. The van der Waals surface area contributed by atoms with Crippen LogP contribution in [0.25, 0.3) is 0 Å². The number of Topliss-reactive ketones (excluding diaryl/α,β-unsaturated/α-hetero) is 2. The number of amides is 3. The van der Waals surface area contributed by atoms with Crippen LogP contribution in [0.3, 0.4) is 0 Å². The molecule has 11 nitrogen and oxygen atoms in total. The van der Waals surface area contributed by atoms with Gasteiger partial charge in [0.25, 0.3) is 11.6 Å². The summed E-state index contributed by atoms with van der Waals surface area (Å²) in [5.41, 5.74) is 0. The number of nitrogens with zero attached hydrogens (tertiary/aromatic N) is 5. The average Bonchev–Trinajstić information content (AvgIpc) is 2.94. The Labute approximate surface area is 144 Å². The van der Waals surface area contributed by atoms with E-state index in [2.05, 4.69) is 15.5 Å². The third-order valence-corrected chi connectivity index (χ3v) is 3.25. The van der Waals surface area contributed by atoms with Gasteiger partial charge in [0.05, 0.1) is 0 Å². The Kier molecular flexibility index (Phi) is 6.48. The van der Waals surface area contributed by atoms with E-state index in [-0.39, 0.29) is 11.7 Å². The molecule has 0 aliphatic carbocycles. The molecule has 11 heteroatoms. The van der Waals surface area contributed by atoms with Crippen LogP contribution in [0, 0.1) is 0 Å². The molecule has 2 rings (SSSR count). The summed E-state index contributed by atoms with van der Waals surface area (Å²) in [5.74, 6) is -2.96. The maximum absolute atomic E-state index is 11.3. The van der Waals surface area contributed by atoms with Gasteiger partial charge in [0, 0.05) is 34.1 Å². The normalized spacial score (nSPS) is 16.5. The number of hydrazone groups is 2. The van der Waals surface area contributed by atoms with Crippen LogP contribution in [0.1, 0.15) is 20.8 Å². The van der Waals surface area contributed by atoms with E-state index < -0.39 is 29.3 Å². The highest BCUT2D eigenvalue weighted by Crippen LogP contribution is 2.05. The quantitative estimate of drug-likeness (QED) is 0.581. The number of hydrogen-bond donors (Lipinski definition) is 1. The van der Waals surface area contributed by atoms with E-state index in [0.29, 0.717) is 13.1 Å². The molecule has 0 radical (unpaired) electrons. The topological polar surface area (TPSA) is 132 Å². The van der Waals surface area contributed by atoms with Gasteiger partial charge in [0.1, 0.15) is 0 Å². The van der Waals surface area contributed by atoms with Crippen LogP contribution in [-0.2, 0) is 24.0 Å². The van der Waals surface area contributed by atoms with Crippen LogP contribution in [0.2, 0.25) is 0 Å². The summed E-state index contributed by atoms with van der Waals surface area (Å²) in [5, 5.41) is 11.5. The molecule has 2 heterocycles. The minimum Gasteiger partial charge on any atom is -0.352 e. The first kappa shape index (κ1) is 19.9. The Morgan fingerprint density at radius 3 is 1.76 bits per heavy atom. The SMILES string of the molecule is CC(=O)NC1=NN(C)C(=O)C1=O.CCN(CC)C1=NN(C)C(=O)C1=O. The maximum Gasteiger partial charge on any atom is 0.318 e. The molecule has 2 aliphatic heterocycles. The van der Waals surface area contributed by atoms with E-state index in [1.165, 1.54) is 21.0 Å². The predicted octanol–water partition coefficient (Wildman–Crippen LogP) is -1.84. The molecule has 3 amide bonds. The fraction of sp³-hybridized carbons (Fsp3) is 0.500. The highest BCUT2D eigenvalue weighted by atomic mass is 16.2. The molecule has 0 fully saturated rings. The van der Waals surface area contributed by atoms with Gasteiger partial charge in [-0.25, -0.2) is 10.0 Å². The monoisotopic (exact) mass is 352 g/mol. The van der Waals surface area contributed by atoms with E-state index in [4.69, 9.17) is 0 Å². The van der Waals surface area contributed by atoms with Crippen molar-refractivity contribution in [1.82, 2.24) is 20.2 Å². The van der Waals surface area contributed by atoms with Crippen molar-refractivity contribution in [1.29, 1.82) is 0 Å². The van der Waals surface area contributed by atoms with Crippen molar-refractivity contribution < 1.29 is 24.0 Å². The largest absolute Gasteiger partial charge is 0.352 e. The first-order chi connectivity index (χ1) is 11.6. The minimum absolute atomic E-state index is 0.213. The third kappa shape index (κ3) is 4.46. The Balaban J connectivity index is 0.000000251. The predicted molar refractivity (Wildman–Crippen MR) is 87.2 cm³/mol. The molecule has 0 spiro atoms. The van der Waals surface area contributed by atoms with Crippen molar-refractivity contribution in [2.45, 2.75) is 20.8 Å². The summed E-state index contributed by atoms with van der Waals surface area (Å²) in [7, 11) is 2.83. The lowest BCUT2D eigenvalue weighted by Gasteiger charge is -2.17. The Morgan fingerprint density at radius 1 is 0.960 bits per heavy atom. The molecule has 0 aromatic rings. The fourth-order valence-electron chi connectivity index (χ4n) is 1.94. The second kappa shape index (κ2) is 8.13. The lowest BCUT2D eigenvalue weighted by Crippen LogP contribution is -2.36. The molecule has 0 saturated heterocycles. The highest BCUT2D eigenvalue weighted by Gasteiger charge is 2.34. The summed E-state index contributed by atoms with van der Waals surface area (Å²) >= 11 is 0. The molecule has 0 aromatic heterocycles. The number of rotatable bonds is 2. The Bertz CT molecular complexity index is 679. The molecule has 25 heavy (non-hydrogen) atoms. The van der Waals surface area contributed by atoms with Crippen molar-refractivity contribution in [2.24, 2.45) is 10.2 Å². The molecule has 2 aliphatic rings. The lowest BCUT2D eigenvalue weighted by atomic mass is 10.3.